The summed E-state index contributed by atoms with van der Waals surface area (Å²) in [5, 5.41) is 0. The first kappa shape index (κ1) is 14.2. The highest BCUT2D eigenvalue weighted by atomic mass is 16.6. The molecule has 0 spiro atoms. The van der Waals surface area contributed by atoms with Crippen molar-refractivity contribution in [3.05, 3.63) is 0 Å². The van der Waals surface area contributed by atoms with Gasteiger partial charge in [-0.1, -0.05) is 0 Å². The summed E-state index contributed by atoms with van der Waals surface area (Å²) < 4.78 is 22.9. The van der Waals surface area contributed by atoms with Crippen LogP contribution in [0.1, 0.15) is 12.8 Å². The first-order valence-corrected chi connectivity index (χ1v) is 6.73. The van der Waals surface area contributed by atoms with Crippen molar-refractivity contribution in [3.8, 4) is 0 Å². The molecule has 2 aliphatic heterocycles. The van der Waals surface area contributed by atoms with Gasteiger partial charge in [-0.3, -0.25) is 0 Å². The third kappa shape index (κ3) is 3.40. The smallest absolute Gasteiger partial charge is 0.115 e. The molecule has 2 rings (SSSR count). The Kier molecular flexibility index (Phi) is 5.81. The number of ether oxygens (including phenoxy) is 4. The molecule has 4 N–H and O–H groups in total. The number of hydrogen-bond acceptors (Lipinski definition) is 6. The minimum atomic E-state index is 0.00523. The predicted molar refractivity (Wildman–Crippen MR) is 66.3 cm³/mol. The highest BCUT2D eigenvalue weighted by Crippen LogP contribution is 2.30. The first-order valence-electron chi connectivity index (χ1n) is 6.73. The molecule has 0 aromatic rings. The maximum Gasteiger partial charge on any atom is 0.115 e. The summed E-state index contributed by atoms with van der Waals surface area (Å²) in [5.74, 6) is 0. The summed E-state index contributed by atoms with van der Waals surface area (Å²) in [6.07, 6.45) is 1.78. The fraction of sp³-hybridized carbons (Fsp3) is 1.00. The number of nitrogens with two attached hydrogens (primary N) is 2. The molecule has 2 heterocycles. The van der Waals surface area contributed by atoms with Crippen LogP contribution in [0.2, 0.25) is 0 Å². The Morgan fingerprint density at radius 1 is 0.833 bits per heavy atom. The van der Waals surface area contributed by atoms with Gasteiger partial charge >= 0.3 is 0 Å². The summed E-state index contributed by atoms with van der Waals surface area (Å²) in [5.41, 5.74) is 10.9. The lowest BCUT2D eigenvalue weighted by Gasteiger charge is -2.17. The lowest BCUT2D eigenvalue weighted by molar-refractivity contribution is -0.0503. The molecule has 2 saturated heterocycles. The third-order valence-electron chi connectivity index (χ3n) is 3.32. The zero-order chi connectivity index (χ0) is 12.8. The molecule has 0 amide bonds. The average molecular weight is 260 g/mol. The monoisotopic (exact) mass is 260 g/mol. The van der Waals surface area contributed by atoms with Crippen molar-refractivity contribution in [1.29, 1.82) is 0 Å². The van der Waals surface area contributed by atoms with E-state index in [1.54, 1.807) is 0 Å². The normalized spacial score (nSPS) is 35.0. The van der Waals surface area contributed by atoms with E-state index in [0.29, 0.717) is 39.5 Å². The average Bonchev–Trinajstić information content (AvgIpc) is 2.94. The fourth-order valence-corrected chi connectivity index (χ4v) is 2.35. The summed E-state index contributed by atoms with van der Waals surface area (Å²) in [6.45, 7) is 3.78. The molecule has 0 aromatic heterocycles. The minimum absolute atomic E-state index is 0.00523. The Bertz CT molecular complexity index is 218. The van der Waals surface area contributed by atoms with E-state index in [1.165, 1.54) is 0 Å². The van der Waals surface area contributed by atoms with Crippen LogP contribution in [-0.2, 0) is 18.9 Å². The van der Waals surface area contributed by atoms with Crippen LogP contribution in [0.25, 0.3) is 0 Å². The van der Waals surface area contributed by atoms with Gasteiger partial charge in [0, 0.05) is 13.2 Å². The van der Waals surface area contributed by atoms with Gasteiger partial charge in [0.15, 0.2) is 0 Å². The van der Waals surface area contributed by atoms with Crippen molar-refractivity contribution in [3.63, 3.8) is 0 Å². The largest absolute Gasteiger partial charge is 0.373 e. The van der Waals surface area contributed by atoms with Gasteiger partial charge in [0.25, 0.3) is 0 Å². The van der Waals surface area contributed by atoms with Crippen molar-refractivity contribution in [2.45, 2.75) is 37.3 Å². The highest BCUT2D eigenvalue weighted by molar-refractivity contribution is 4.95. The zero-order valence-corrected chi connectivity index (χ0v) is 10.8. The molecule has 2 fully saturated rings. The molecule has 2 aliphatic rings. The van der Waals surface area contributed by atoms with Crippen molar-refractivity contribution >= 4 is 0 Å². The van der Waals surface area contributed by atoms with E-state index < -0.39 is 0 Å². The van der Waals surface area contributed by atoms with Crippen molar-refractivity contribution in [2.24, 2.45) is 11.5 Å². The third-order valence-corrected chi connectivity index (χ3v) is 3.32. The van der Waals surface area contributed by atoms with Gasteiger partial charge in [0.05, 0.1) is 13.2 Å². The lowest BCUT2D eigenvalue weighted by Crippen LogP contribution is -2.34. The highest BCUT2D eigenvalue weighted by Gasteiger charge is 2.48. The molecule has 0 aromatic carbocycles. The minimum Gasteiger partial charge on any atom is -0.373 e. The van der Waals surface area contributed by atoms with Crippen LogP contribution in [-0.4, -0.2) is 63.9 Å². The molecule has 6 heteroatoms. The van der Waals surface area contributed by atoms with Gasteiger partial charge in [-0.15, -0.1) is 0 Å². The van der Waals surface area contributed by atoms with Crippen LogP contribution in [0, 0.1) is 0 Å². The molecule has 106 valence electrons. The zero-order valence-electron chi connectivity index (χ0n) is 10.8. The van der Waals surface area contributed by atoms with Crippen molar-refractivity contribution in [1.82, 2.24) is 0 Å². The van der Waals surface area contributed by atoms with E-state index >= 15 is 0 Å². The molecule has 0 radical (unpaired) electrons. The molecule has 4 atom stereocenters. The van der Waals surface area contributed by atoms with Crippen molar-refractivity contribution < 1.29 is 18.9 Å². The van der Waals surface area contributed by atoms with Gasteiger partial charge in [-0.25, -0.2) is 0 Å². The van der Waals surface area contributed by atoms with Crippen LogP contribution < -0.4 is 11.5 Å². The van der Waals surface area contributed by atoms with Crippen LogP contribution >= 0.6 is 0 Å². The van der Waals surface area contributed by atoms with Gasteiger partial charge in [-0.2, -0.15) is 0 Å². The molecular formula is C12H24N2O4. The molecule has 6 nitrogen and oxygen atoms in total. The topological polar surface area (TPSA) is 89.0 Å². The Hall–Kier alpha value is -0.240. The molecule has 0 aliphatic carbocycles. The predicted octanol–water partition coefficient (Wildman–Crippen LogP) is -0.748. The van der Waals surface area contributed by atoms with Gasteiger partial charge in [0.1, 0.15) is 24.4 Å². The second-order valence-corrected chi connectivity index (χ2v) is 4.70. The second kappa shape index (κ2) is 7.37. The summed E-state index contributed by atoms with van der Waals surface area (Å²) in [7, 11) is 0. The lowest BCUT2D eigenvalue weighted by atomic mass is 10.1. The SMILES string of the molecule is NCCCO[C@H]1CO[C@@H]2[C@@H]1OC[C@H]2OCCCN. The maximum absolute atomic E-state index is 5.73. The van der Waals surface area contributed by atoms with Gasteiger partial charge in [0.2, 0.25) is 0 Å². The number of fused-ring (bicyclic) bond motifs is 1. The molecular weight excluding hydrogens is 236 g/mol. The Labute approximate surface area is 108 Å². The van der Waals surface area contributed by atoms with E-state index in [1.807, 2.05) is 0 Å². The standard InChI is InChI=1S/C12H24N2O4/c13-3-1-5-15-9-7-17-12-10(8-18-11(9)12)16-6-2-4-14/h9-12H,1-8,13-14H2/t9-,10+,11+,12-. The molecule has 0 unspecified atom stereocenters. The van der Waals surface area contributed by atoms with E-state index in [2.05, 4.69) is 0 Å². The van der Waals surface area contributed by atoms with Gasteiger partial charge in [-0.05, 0) is 25.9 Å². The van der Waals surface area contributed by atoms with Crippen LogP contribution in [0.15, 0.2) is 0 Å². The molecule has 0 saturated carbocycles. The van der Waals surface area contributed by atoms with Crippen LogP contribution in [0.4, 0.5) is 0 Å². The molecule has 18 heavy (non-hydrogen) atoms. The summed E-state index contributed by atoms with van der Waals surface area (Å²) in [4.78, 5) is 0. The van der Waals surface area contributed by atoms with Crippen LogP contribution in [0.3, 0.4) is 0 Å². The van der Waals surface area contributed by atoms with Crippen LogP contribution in [0.5, 0.6) is 0 Å². The Balaban J connectivity index is 1.72. The number of rotatable bonds is 8. The maximum atomic E-state index is 5.73. The summed E-state index contributed by atoms with van der Waals surface area (Å²) >= 11 is 0. The van der Waals surface area contributed by atoms with E-state index in [4.69, 9.17) is 30.4 Å². The quantitative estimate of drug-likeness (QED) is 0.558. The molecule has 0 bridgehead atoms. The fourth-order valence-electron chi connectivity index (χ4n) is 2.35. The second-order valence-electron chi connectivity index (χ2n) is 4.70. The van der Waals surface area contributed by atoms with E-state index in [-0.39, 0.29) is 24.4 Å². The first-order chi connectivity index (χ1) is 8.86. The van der Waals surface area contributed by atoms with Gasteiger partial charge < -0.3 is 30.4 Å². The Morgan fingerprint density at radius 2 is 1.28 bits per heavy atom. The summed E-state index contributed by atoms with van der Waals surface area (Å²) in [6, 6.07) is 0. The van der Waals surface area contributed by atoms with Crippen molar-refractivity contribution in [2.75, 3.05) is 39.5 Å². The Morgan fingerprint density at radius 3 is 1.67 bits per heavy atom. The van der Waals surface area contributed by atoms with E-state index in [9.17, 15) is 0 Å². The number of hydrogen-bond donors (Lipinski definition) is 2. The van der Waals surface area contributed by atoms with E-state index in [0.717, 1.165) is 12.8 Å².